The van der Waals surface area contributed by atoms with Gasteiger partial charge in [0.05, 0.1) is 11.2 Å². The van der Waals surface area contributed by atoms with Crippen molar-refractivity contribution in [2.24, 2.45) is 0 Å². The van der Waals surface area contributed by atoms with Crippen LogP contribution in [0.1, 0.15) is 32.7 Å². The smallest absolute Gasteiger partial charge is 0.255 e. The van der Waals surface area contributed by atoms with E-state index in [2.05, 4.69) is 27.6 Å². The van der Waals surface area contributed by atoms with Gasteiger partial charge in [-0.25, -0.2) is 0 Å². The molecular formula is C30H23N3O. The summed E-state index contributed by atoms with van der Waals surface area (Å²) in [4.78, 5) is 12.9. The maximum absolute atomic E-state index is 12.9. The number of fused-ring (bicyclic) bond motifs is 1. The van der Waals surface area contributed by atoms with Crippen molar-refractivity contribution in [2.75, 3.05) is 0 Å². The molecule has 0 saturated heterocycles. The van der Waals surface area contributed by atoms with E-state index in [1.165, 1.54) is 0 Å². The molecule has 5 aromatic rings. The normalized spacial score (nSPS) is 11.7. The van der Waals surface area contributed by atoms with Gasteiger partial charge in [-0.3, -0.25) is 9.89 Å². The summed E-state index contributed by atoms with van der Waals surface area (Å²) >= 11 is 0. The zero-order chi connectivity index (χ0) is 23.2. The van der Waals surface area contributed by atoms with E-state index in [-0.39, 0.29) is 5.91 Å². The van der Waals surface area contributed by atoms with Gasteiger partial charge in [0.2, 0.25) is 0 Å². The van der Waals surface area contributed by atoms with E-state index in [0.29, 0.717) is 5.56 Å². The van der Waals surface area contributed by atoms with Crippen molar-refractivity contribution in [2.45, 2.75) is 0 Å². The number of hydrogen-bond acceptors (Lipinski definition) is 2. The number of aromatic nitrogens is 2. The number of rotatable bonds is 6. The van der Waals surface area contributed by atoms with Gasteiger partial charge in [-0.2, -0.15) is 5.10 Å². The summed E-state index contributed by atoms with van der Waals surface area (Å²) in [5, 5.41) is 11.7. The number of amides is 1. The van der Waals surface area contributed by atoms with Crippen LogP contribution in [0.15, 0.2) is 109 Å². The number of hydrogen-bond donors (Lipinski definition) is 2. The number of benzene rings is 4. The Morgan fingerprint density at radius 1 is 0.706 bits per heavy atom. The summed E-state index contributed by atoms with van der Waals surface area (Å²) < 4.78 is 0. The zero-order valence-electron chi connectivity index (χ0n) is 18.5. The van der Waals surface area contributed by atoms with Gasteiger partial charge in [0.25, 0.3) is 5.91 Å². The fourth-order valence-electron chi connectivity index (χ4n) is 3.77. The van der Waals surface area contributed by atoms with Gasteiger partial charge in [0.1, 0.15) is 0 Å². The molecule has 0 saturated carbocycles. The Balaban J connectivity index is 1.49. The molecule has 1 heterocycles. The van der Waals surface area contributed by atoms with E-state index in [9.17, 15) is 4.79 Å². The van der Waals surface area contributed by atoms with Crippen molar-refractivity contribution >= 4 is 40.7 Å². The van der Waals surface area contributed by atoms with Crippen LogP contribution >= 0.6 is 0 Å². The fraction of sp³-hybridized carbons (Fsp3) is 0. The van der Waals surface area contributed by atoms with Gasteiger partial charge < -0.3 is 5.32 Å². The topological polar surface area (TPSA) is 57.8 Å². The number of aromatic amines is 1. The average molecular weight is 442 g/mol. The molecular weight excluding hydrogens is 418 g/mol. The second-order valence-corrected chi connectivity index (χ2v) is 7.90. The van der Waals surface area contributed by atoms with Crippen molar-refractivity contribution < 1.29 is 4.79 Å². The van der Waals surface area contributed by atoms with Crippen molar-refractivity contribution in [3.63, 3.8) is 0 Å². The lowest BCUT2D eigenvalue weighted by Gasteiger charge is -2.11. The molecule has 0 unspecified atom stereocenters. The molecule has 5 rings (SSSR count). The summed E-state index contributed by atoms with van der Waals surface area (Å²) in [6, 6.07) is 35.4. The molecule has 2 N–H and O–H groups in total. The van der Waals surface area contributed by atoms with Crippen molar-refractivity contribution in [3.8, 4) is 0 Å². The van der Waals surface area contributed by atoms with Crippen LogP contribution in [0.2, 0.25) is 0 Å². The molecule has 0 aliphatic carbocycles. The highest BCUT2D eigenvalue weighted by Crippen LogP contribution is 2.24. The summed E-state index contributed by atoms with van der Waals surface area (Å²) in [6.45, 7) is 0. The van der Waals surface area contributed by atoms with Crippen LogP contribution in [-0.2, 0) is 0 Å². The first-order valence-corrected chi connectivity index (χ1v) is 11.1. The van der Waals surface area contributed by atoms with E-state index in [1.54, 1.807) is 12.1 Å². The Morgan fingerprint density at radius 3 is 2.06 bits per heavy atom. The SMILES string of the molecule is O=C(NC(=Cc1ccccc1)c1ccc2c(C=Cc3ccccc3)n[nH]c2c1)c1ccccc1. The molecule has 4 nitrogen and oxygen atoms in total. The Kier molecular flexibility index (Phi) is 6.12. The van der Waals surface area contributed by atoms with Gasteiger partial charge in [0.15, 0.2) is 0 Å². The van der Waals surface area contributed by atoms with Crippen LogP contribution in [0, 0.1) is 0 Å². The van der Waals surface area contributed by atoms with Crippen LogP contribution in [0.25, 0.3) is 34.8 Å². The van der Waals surface area contributed by atoms with E-state index in [1.807, 2.05) is 103 Å². The summed E-state index contributed by atoms with van der Waals surface area (Å²) in [5.74, 6) is -0.154. The number of carbonyl (C=O) groups excluding carboxylic acids is 1. The fourth-order valence-corrected chi connectivity index (χ4v) is 3.77. The number of nitrogens with zero attached hydrogens (tertiary/aromatic N) is 1. The van der Waals surface area contributed by atoms with Crippen LogP contribution in [0.5, 0.6) is 0 Å². The molecule has 0 bridgehead atoms. The molecule has 1 aromatic heterocycles. The molecule has 0 radical (unpaired) electrons. The first kappa shape index (κ1) is 21.2. The molecule has 164 valence electrons. The number of carbonyl (C=O) groups is 1. The Labute approximate surface area is 198 Å². The highest BCUT2D eigenvalue weighted by atomic mass is 16.1. The highest BCUT2D eigenvalue weighted by molar-refractivity contribution is 6.03. The third-order valence-electron chi connectivity index (χ3n) is 5.53. The maximum atomic E-state index is 12.9. The zero-order valence-corrected chi connectivity index (χ0v) is 18.5. The van der Waals surface area contributed by atoms with Gasteiger partial charge >= 0.3 is 0 Å². The van der Waals surface area contributed by atoms with Gasteiger partial charge in [0, 0.05) is 22.2 Å². The predicted molar refractivity (Wildman–Crippen MR) is 140 cm³/mol. The highest BCUT2D eigenvalue weighted by Gasteiger charge is 2.12. The van der Waals surface area contributed by atoms with Crippen LogP contribution < -0.4 is 5.32 Å². The van der Waals surface area contributed by atoms with Gasteiger partial charge in [-0.1, -0.05) is 91.0 Å². The van der Waals surface area contributed by atoms with Gasteiger partial charge in [-0.05, 0) is 47.5 Å². The molecule has 1 amide bonds. The first-order valence-electron chi connectivity index (χ1n) is 11.1. The Hall–Kier alpha value is -4.70. The molecule has 0 fully saturated rings. The molecule has 0 spiro atoms. The van der Waals surface area contributed by atoms with Crippen LogP contribution in [-0.4, -0.2) is 16.1 Å². The lowest BCUT2D eigenvalue weighted by Crippen LogP contribution is -2.21. The minimum atomic E-state index is -0.154. The molecule has 4 heteroatoms. The lowest BCUT2D eigenvalue weighted by molar-refractivity contribution is 0.0974. The van der Waals surface area contributed by atoms with Crippen molar-refractivity contribution in [3.05, 3.63) is 137 Å². The quantitative estimate of drug-likeness (QED) is 0.289. The minimum absolute atomic E-state index is 0.154. The van der Waals surface area contributed by atoms with Crippen molar-refractivity contribution in [1.29, 1.82) is 0 Å². The Morgan fingerprint density at radius 2 is 1.35 bits per heavy atom. The summed E-state index contributed by atoms with van der Waals surface area (Å²) in [7, 11) is 0. The van der Waals surface area contributed by atoms with Gasteiger partial charge in [-0.15, -0.1) is 0 Å². The third kappa shape index (κ3) is 4.87. The summed E-state index contributed by atoms with van der Waals surface area (Å²) in [5.41, 5.74) is 6.11. The molecule has 0 atom stereocenters. The second kappa shape index (κ2) is 9.84. The van der Waals surface area contributed by atoms with E-state index in [4.69, 9.17) is 0 Å². The molecule has 0 aliphatic heterocycles. The summed E-state index contributed by atoms with van der Waals surface area (Å²) in [6.07, 6.45) is 6.03. The lowest BCUT2D eigenvalue weighted by atomic mass is 10.0. The van der Waals surface area contributed by atoms with E-state index in [0.717, 1.165) is 39.0 Å². The van der Waals surface area contributed by atoms with E-state index < -0.39 is 0 Å². The standard InChI is InChI=1S/C30H23N3O/c34-30(24-14-8-3-9-15-24)31-28(20-23-12-6-2-7-13-23)25-17-18-26-27(32-33-29(26)21-25)19-16-22-10-4-1-5-11-22/h1-21H,(H,31,34)(H,32,33). The molecule has 0 aliphatic rings. The number of H-pyrrole nitrogens is 1. The molecule has 4 aromatic carbocycles. The largest absolute Gasteiger partial charge is 0.321 e. The second-order valence-electron chi connectivity index (χ2n) is 7.90. The minimum Gasteiger partial charge on any atom is -0.321 e. The van der Waals surface area contributed by atoms with E-state index >= 15 is 0 Å². The van der Waals surface area contributed by atoms with Crippen LogP contribution in [0.4, 0.5) is 0 Å². The van der Waals surface area contributed by atoms with Crippen LogP contribution in [0.3, 0.4) is 0 Å². The maximum Gasteiger partial charge on any atom is 0.255 e. The van der Waals surface area contributed by atoms with Crippen molar-refractivity contribution in [1.82, 2.24) is 15.5 Å². The average Bonchev–Trinajstić information content (AvgIpc) is 3.31. The molecule has 34 heavy (non-hydrogen) atoms. The number of nitrogens with one attached hydrogen (secondary N) is 2. The third-order valence-corrected chi connectivity index (χ3v) is 5.53. The monoisotopic (exact) mass is 441 g/mol. The predicted octanol–water partition coefficient (Wildman–Crippen LogP) is 6.66. The first-order chi connectivity index (χ1) is 16.8. The Bertz CT molecular complexity index is 1470.